The molecule has 2 unspecified atom stereocenters. The van der Waals surface area contributed by atoms with E-state index in [9.17, 15) is 4.79 Å². The van der Waals surface area contributed by atoms with Crippen LogP contribution in [0.1, 0.15) is 50.2 Å². The fourth-order valence-corrected chi connectivity index (χ4v) is 3.86. The summed E-state index contributed by atoms with van der Waals surface area (Å²) in [5.41, 5.74) is 4.66. The minimum atomic E-state index is -0.542. The Labute approximate surface area is 168 Å². The van der Waals surface area contributed by atoms with Crippen LogP contribution in [0.2, 0.25) is 5.02 Å². The van der Waals surface area contributed by atoms with E-state index in [1.165, 1.54) is 6.07 Å². The van der Waals surface area contributed by atoms with Crippen molar-refractivity contribution in [3.63, 3.8) is 0 Å². The monoisotopic (exact) mass is 399 g/mol. The summed E-state index contributed by atoms with van der Waals surface area (Å²) in [6.45, 7) is 8.05. The van der Waals surface area contributed by atoms with Gasteiger partial charge < -0.3 is 15.8 Å². The molecule has 1 saturated carbocycles. The van der Waals surface area contributed by atoms with Gasteiger partial charge in [0.1, 0.15) is 23.2 Å². The molecular weight excluding hydrogens is 378 g/mol. The van der Waals surface area contributed by atoms with Crippen LogP contribution in [-0.4, -0.2) is 27.2 Å². The molecular formula is C20H22ClN5O2. The van der Waals surface area contributed by atoms with E-state index in [4.69, 9.17) is 27.3 Å². The van der Waals surface area contributed by atoms with Crippen LogP contribution in [0.4, 0.5) is 5.82 Å². The van der Waals surface area contributed by atoms with E-state index >= 15 is 0 Å². The Balaban J connectivity index is 1.76. The zero-order valence-corrected chi connectivity index (χ0v) is 17.0. The maximum Gasteiger partial charge on any atom is 0.272 e. The van der Waals surface area contributed by atoms with Gasteiger partial charge in [-0.3, -0.25) is 4.79 Å². The zero-order valence-electron chi connectivity index (χ0n) is 16.2. The van der Waals surface area contributed by atoms with E-state index in [0.717, 1.165) is 0 Å². The SMILES string of the molecule is CC1(NC(=O)c2ccc(N)nn2)CC(C)(Oc2ccc(C#N)c(Cl)c2)C1(C)C. The second-order valence-corrected chi connectivity index (χ2v) is 8.43. The fourth-order valence-electron chi connectivity index (χ4n) is 3.65. The first kappa shape index (κ1) is 19.9. The maximum absolute atomic E-state index is 12.6. The van der Waals surface area contributed by atoms with Gasteiger partial charge in [0.15, 0.2) is 5.69 Å². The summed E-state index contributed by atoms with van der Waals surface area (Å²) in [4.78, 5) is 12.6. The standard InChI is InChI=1S/C20H22ClN5O2/c1-18(2)19(3,24-17(27)15-7-8-16(23)26-25-15)11-20(18,4)28-13-6-5-12(10-22)14(21)9-13/h5-9H,11H2,1-4H3,(H2,23,26)(H,24,27). The lowest BCUT2D eigenvalue weighted by atomic mass is 9.48. The minimum Gasteiger partial charge on any atom is -0.487 e. The van der Waals surface area contributed by atoms with Crippen LogP contribution in [0.3, 0.4) is 0 Å². The van der Waals surface area contributed by atoms with Gasteiger partial charge in [0.05, 0.1) is 16.1 Å². The number of carbonyl (C=O) groups is 1. The predicted molar refractivity (Wildman–Crippen MR) is 106 cm³/mol. The molecule has 146 valence electrons. The average Bonchev–Trinajstić information content (AvgIpc) is 2.62. The maximum atomic E-state index is 12.6. The summed E-state index contributed by atoms with van der Waals surface area (Å²) in [5, 5.41) is 20.0. The van der Waals surface area contributed by atoms with Crippen LogP contribution in [0.25, 0.3) is 0 Å². The van der Waals surface area contributed by atoms with Crippen molar-refractivity contribution < 1.29 is 9.53 Å². The van der Waals surface area contributed by atoms with Crippen molar-refractivity contribution in [2.75, 3.05) is 5.73 Å². The first-order valence-electron chi connectivity index (χ1n) is 8.82. The molecule has 0 radical (unpaired) electrons. The third-order valence-corrected chi connectivity index (χ3v) is 6.42. The minimum absolute atomic E-state index is 0.208. The number of nitrogens with one attached hydrogen (secondary N) is 1. The highest BCUT2D eigenvalue weighted by atomic mass is 35.5. The number of hydrogen-bond donors (Lipinski definition) is 2. The number of ether oxygens (including phenoxy) is 1. The first-order valence-corrected chi connectivity index (χ1v) is 9.19. The van der Waals surface area contributed by atoms with Crippen LogP contribution in [0.5, 0.6) is 5.75 Å². The Hall–Kier alpha value is -2.85. The smallest absolute Gasteiger partial charge is 0.272 e. The van der Waals surface area contributed by atoms with Gasteiger partial charge in [0.25, 0.3) is 5.91 Å². The van der Waals surface area contributed by atoms with E-state index in [0.29, 0.717) is 22.8 Å². The number of halogens is 1. The second kappa shape index (κ2) is 6.64. The molecule has 7 nitrogen and oxygen atoms in total. The Bertz CT molecular complexity index is 970. The molecule has 0 saturated heterocycles. The topological polar surface area (TPSA) is 114 Å². The second-order valence-electron chi connectivity index (χ2n) is 8.02. The normalized spacial score (nSPS) is 25.3. The lowest BCUT2D eigenvalue weighted by Gasteiger charge is -2.65. The van der Waals surface area contributed by atoms with Gasteiger partial charge in [0, 0.05) is 17.9 Å². The molecule has 2 atom stereocenters. The highest BCUT2D eigenvalue weighted by molar-refractivity contribution is 6.31. The van der Waals surface area contributed by atoms with E-state index < -0.39 is 16.6 Å². The van der Waals surface area contributed by atoms with Gasteiger partial charge in [-0.1, -0.05) is 25.4 Å². The molecule has 0 spiro atoms. The Morgan fingerprint density at radius 2 is 1.96 bits per heavy atom. The summed E-state index contributed by atoms with van der Waals surface area (Å²) < 4.78 is 6.24. The van der Waals surface area contributed by atoms with Crippen LogP contribution in [0.15, 0.2) is 30.3 Å². The van der Waals surface area contributed by atoms with Crippen molar-refractivity contribution >= 4 is 23.3 Å². The number of nitrogen functional groups attached to an aromatic ring is 1. The molecule has 28 heavy (non-hydrogen) atoms. The van der Waals surface area contributed by atoms with Gasteiger partial charge in [-0.2, -0.15) is 5.26 Å². The van der Waals surface area contributed by atoms with E-state index in [2.05, 4.69) is 15.5 Å². The molecule has 1 fully saturated rings. The van der Waals surface area contributed by atoms with Crippen molar-refractivity contribution in [3.05, 3.63) is 46.6 Å². The lowest BCUT2D eigenvalue weighted by Crippen LogP contribution is -2.77. The Kier molecular flexibility index (Phi) is 4.72. The molecule has 1 heterocycles. The van der Waals surface area contributed by atoms with Gasteiger partial charge in [0.2, 0.25) is 0 Å². The molecule has 1 aromatic heterocycles. The van der Waals surface area contributed by atoms with Crippen LogP contribution in [-0.2, 0) is 0 Å². The Morgan fingerprint density at radius 3 is 2.50 bits per heavy atom. The number of hydrogen-bond acceptors (Lipinski definition) is 6. The molecule has 0 bridgehead atoms. The van der Waals surface area contributed by atoms with Crippen LogP contribution >= 0.6 is 11.6 Å². The van der Waals surface area contributed by atoms with E-state index in [-0.39, 0.29) is 17.4 Å². The van der Waals surface area contributed by atoms with Gasteiger partial charge >= 0.3 is 0 Å². The van der Waals surface area contributed by atoms with Gasteiger partial charge in [-0.05, 0) is 38.1 Å². The number of anilines is 1. The quantitative estimate of drug-likeness (QED) is 0.814. The van der Waals surface area contributed by atoms with Crippen molar-refractivity contribution in [3.8, 4) is 11.8 Å². The Morgan fingerprint density at radius 1 is 1.25 bits per heavy atom. The first-order chi connectivity index (χ1) is 13.0. The zero-order chi connectivity index (χ0) is 20.7. The molecule has 8 heteroatoms. The molecule has 1 aliphatic rings. The molecule has 1 aromatic carbocycles. The van der Waals surface area contributed by atoms with Crippen LogP contribution < -0.4 is 15.8 Å². The highest BCUT2D eigenvalue weighted by Crippen LogP contribution is 2.58. The third-order valence-electron chi connectivity index (χ3n) is 6.10. The lowest BCUT2D eigenvalue weighted by molar-refractivity contribution is -0.180. The third kappa shape index (κ3) is 3.14. The van der Waals surface area contributed by atoms with Crippen molar-refractivity contribution in [2.45, 2.75) is 45.3 Å². The molecule has 0 aliphatic heterocycles. The highest BCUT2D eigenvalue weighted by Gasteiger charge is 2.67. The molecule has 3 N–H and O–H groups in total. The van der Waals surface area contributed by atoms with Crippen molar-refractivity contribution in [1.82, 2.24) is 15.5 Å². The number of carbonyl (C=O) groups excluding carboxylic acids is 1. The van der Waals surface area contributed by atoms with Gasteiger partial charge in [-0.15, -0.1) is 10.2 Å². The molecule has 2 aromatic rings. The number of aromatic nitrogens is 2. The summed E-state index contributed by atoms with van der Waals surface area (Å²) in [7, 11) is 0. The number of nitrogens with zero attached hydrogens (tertiary/aromatic N) is 3. The summed E-state index contributed by atoms with van der Waals surface area (Å²) in [6.07, 6.45) is 0.582. The number of rotatable bonds is 4. The average molecular weight is 400 g/mol. The van der Waals surface area contributed by atoms with Crippen LogP contribution in [0, 0.1) is 16.7 Å². The van der Waals surface area contributed by atoms with Gasteiger partial charge in [-0.25, -0.2) is 0 Å². The molecule has 1 amide bonds. The fraction of sp³-hybridized carbons (Fsp3) is 0.400. The number of amides is 1. The number of nitriles is 1. The molecule has 1 aliphatic carbocycles. The number of benzene rings is 1. The largest absolute Gasteiger partial charge is 0.487 e. The van der Waals surface area contributed by atoms with E-state index in [1.54, 1.807) is 24.3 Å². The summed E-state index contributed by atoms with van der Waals surface area (Å²) in [5.74, 6) is 0.526. The summed E-state index contributed by atoms with van der Waals surface area (Å²) in [6, 6.07) is 10.1. The van der Waals surface area contributed by atoms with E-state index in [1.807, 2.05) is 33.8 Å². The van der Waals surface area contributed by atoms with Crippen molar-refractivity contribution in [1.29, 1.82) is 5.26 Å². The number of nitrogens with two attached hydrogens (primary N) is 1. The summed E-state index contributed by atoms with van der Waals surface area (Å²) >= 11 is 6.11. The predicted octanol–water partition coefficient (Wildman–Crippen LogP) is 3.34. The van der Waals surface area contributed by atoms with Crippen molar-refractivity contribution in [2.24, 2.45) is 5.41 Å². The molecule has 3 rings (SSSR count).